The Hall–Kier alpha value is -2.00. The molecule has 144 valence electrons. The molecule has 0 unspecified atom stereocenters. The lowest BCUT2D eigenvalue weighted by Crippen LogP contribution is -2.50. The molecule has 0 bridgehead atoms. The molecule has 0 fully saturated rings. The van der Waals surface area contributed by atoms with Crippen molar-refractivity contribution in [2.24, 2.45) is 0 Å². The maximum absolute atomic E-state index is 13.2. The summed E-state index contributed by atoms with van der Waals surface area (Å²) in [4.78, 5) is 13.1. The second-order valence-corrected chi connectivity index (χ2v) is 10.4. The van der Waals surface area contributed by atoms with E-state index in [1.807, 2.05) is 42.5 Å². The van der Waals surface area contributed by atoms with Crippen LogP contribution in [-0.4, -0.2) is 24.7 Å². The summed E-state index contributed by atoms with van der Waals surface area (Å²) in [6.45, 7) is 0.171. The third-order valence-corrected chi connectivity index (χ3v) is 8.62. The molecular formula is C20H17BrN2O3S2. The van der Waals surface area contributed by atoms with E-state index in [1.54, 1.807) is 23.6 Å². The largest absolute Gasteiger partial charge is 0.324 e. The normalized spacial score (nSPS) is 17.1. The number of carbonyl (C=O) groups excluding carboxylic acids is 1. The molecule has 0 radical (unpaired) electrons. The average Bonchev–Trinajstić information content (AvgIpc) is 3.24. The molecule has 0 saturated carbocycles. The molecule has 1 aliphatic rings. The lowest BCUT2D eigenvalue weighted by Gasteiger charge is -2.34. The summed E-state index contributed by atoms with van der Waals surface area (Å²) < 4.78 is 28.8. The van der Waals surface area contributed by atoms with E-state index in [-0.39, 0.29) is 16.7 Å². The van der Waals surface area contributed by atoms with Gasteiger partial charge in [0.1, 0.15) is 10.3 Å². The van der Waals surface area contributed by atoms with Gasteiger partial charge in [0, 0.05) is 11.0 Å². The molecule has 0 aliphatic carbocycles. The van der Waals surface area contributed by atoms with Crippen molar-refractivity contribution in [2.45, 2.75) is 23.2 Å². The predicted molar refractivity (Wildman–Crippen MR) is 114 cm³/mol. The number of halogens is 1. The summed E-state index contributed by atoms with van der Waals surface area (Å²) in [5.41, 5.74) is 2.53. The van der Waals surface area contributed by atoms with Crippen molar-refractivity contribution in [2.75, 3.05) is 5.32 Å². The van der Waals surface area contributed by atoms with Gasteiger partial charge in [-0.05, 0) is 57.1 Å². The minimum absolute atomic E-state index is 0.171. The van der Waals surface area contributed by atoms with Gasteiger partial charge in [-0.3, -0.25) is 4.79 Å². The first-order valence-corrected chi connectivity index (χ1v) is 11.8. The van der Waals surface area contributed by atoms with Crippen LogP contribution < -0.4 is 5.32 Å². The summed E-state index contributed by atoms with van der Waals surface area (Å²) in [6, 6.07) is 17.4. The molecule has 4 rings (SSSR count). The van der Waals surface area contributed by atoms with Crippen LogP contribution in [0.25, 0.3) is 0 Å². The minimum Gasteiger partial charge on any atom is -0.324 e. The van der Waals surface area contributed by atoms with Crippen LogP contribution in [0.15, 0.2) is 74.7 Å². The van der Waals surface area contributed by atoms with Crippen LogP contribution in [0, 0.1) is 0 Å². The molecule has 0 spiro atoms. The van der Waals surface area contributed by atoms with Crippen molar-refractivity contribution in [3.05, 3.63) is 81.6 Å². The third kappa shape index (κ3) is 3.65. The number of nitrogens with one attached hydrogen (secondary N) is 1. The Balaban J connectivity index is 1.72. The number of rotatable bonds is 4. The van der Waals surface area contributed by atoms with Gasteiger partial charge in [-0.25, -0.2) is 8.42 Å². The number of fused-ring (bicyclic) bond motifs is 1. The number of hydrogen-bond acceptors (Lipinski definition) is 4. The fourth-order valence-electron chi connectivity index (χ4n) is 3.28. The van der Waals surface area contributed by atoms with Gasteiger partial charge in [-0.1, -0.05) is 42.5 Å². The molecule has 28 heavy (non-hydrogen) atoms. The van der Waals surface area contributed by atoms with Gasteiger partial charge in [-0.15, -0.1) is 11.3 Å². The van der Waals surface area contributed by atoms with E-state index in [2.05, 4.69) is 21.2 Å². The van der Waals surface area contributed by atoms with Crippen molar-refractivity contribution in [1.29, 1.82) is 0 Å². The monoisotopic (exact) mass is 476 g/mol. The van der Waals surface area contributed by atoms with Crippen molar-refractivity contribution in [3.8, 4) is 0 Å². The maximum atomic E-state index is 13.2. The van der Waals surface area contributed by atoms with E-state index < -0.39 is 16.1 Å². The Morgan fingerprint density at radius 1 is 1.04 bits per heavy atom. The Morgan fingerprint density at radius 2 is 1.75 bits per heavy atom. The first-order valence-electron chi connectivity index (χ1n) is 8.64. The van der Waals surface area contributed by atoms with Crippen LogP contribution in [0.5, 0.6) is 0 Å². The van der Waals surface area contributed by atoms with Crippen molar-refractivity contribution in [1.82, 2.24) is 4.31 Å². The molecule has 2 heterocycles. The van der Waals surface area contributed by atoms with Gasteiger partial charge in [0.2, 0.25) is 5.91 Å². The smallest absolute Gasteiger partial charge is 0.253 e. The topological polar surface area (TPSA) is 66.5 Å². The van der Waals surface area contributed by atoms with Gasteiger partial charge >= 0.3 is 0 Å². The van der Waals surface area contributed by atoms with Crippen molar-refractivity contribution < 1.29 is 13.2 Å². The van der Waals surface area contributed by atoms with Crippen LogP contribution in [0.4, 0.5) is 5.69 Å². The number of thiophene rings is 1. The lowest BCUT2D eigenvalue weighted by molar-refractivity contribution is -0.120. The van der Waals surface area contributed by atoms with Crippen molar-refractivity contribution >= 4 is 48.9 Å². The molecule has 1 aromatic heterocycles. The highest BCUT2D eigenvalue weighted by Gasteiger charge is 2.40. The Morgan fingerprint density at radius 3 is 2.46 bits per heavy atom. The van der Waals surface area contributed by atoms with E-state index in [4.69, 9.17) is 0 Å². The van der Waals surface area contributed by atoms with Gasteiger partial charge in [0.25, 0.3) is 10.0 Å². The van der Waals surface area contributed by atoms with E-state index in [0.29, 0.717) is 12.1 Å². The number of para-hydroxylation sites is 1. The molecule has 1 N–H and O–H groups in total. The zero-order valence-electron chi connectivity index (χ0n) is 14.7. The quantitative estimate of drug-likeness (QED) is 0.611. The summed E-state index contributed by atoms with van der Waals surface area (Å²) in [5, 5.41) is 4.59. The Bertz CT molecular complexity index is 1110. The number of amides is 1. The predicted octanol–water partition coefficient (Wildman–Crippen LogP) is 4.26. The fourth-order valence-corrected chi connectivity index (χ4v) is 6.35. The zero-order valence-corrected chi connectivity index (χ0v) is 17.9. The standard InChI is InChI=1S/C20H17BrN2O3S2/c21-16-8-3-4-9-17(16)22-20(24)18-12-14-6-1-2-7-15(14)13-23(18)28(25,26)19-10-5-11-27-19/h1-11,18H,12-13H2,(H,22,24)/t18-/m1/s1. The second-order valence-electron chi connectivity index (χ2n) is 6.44. The van der Waals surface area contributed by atoms with Gasteiger partial charge in [0.15, 0.2) is 0 Å². The van der Waals surface area contributed by atoms with E-state index in [1.165, 1.54) is 4.31 Å². The number of nitrogens with zero attached hydrogens (tertiary/aromatic N) is 1. The summed E-state index contributed by atoms with van der Waals surface area (Å²) >= 11 is 4.57. The Labute approximate surface area is 176 Å². The zero-order chi connectivity index (χ0) is 19.7. The number of carbonyl (C=O) groups is 1. The first-order chi connectivity index (χ1) is 13.5. The van der Waals surface area contributed by atoms with Crippen LogP contribution in [0.1, 0.15) is 11.1 Å². The summed E-state index contributed by atoms with van der Waals surface area (Å²) in [5.74, 6) is -0.346. The van der Waals surface area contributed by atoms with E-state index >= 15 is 0 Å². The number of benzene rings is 2. The number of hydrogen-bond donors (Lipinski definition) is 1. The van der Waals surface area contributed by atoms with Crippen molar-refractivity contribution in [3.63, 3.8) is 0 Å². The highest BCUT2D eigenvalue weighted by atomic mass is 79.9. The number of sulfonamides is 1. The van der Waals surface area contributed by atoms with Gasteiger partial charge in [0.05, 0.1) is 5.69 Å². The summed E-state index contributed by atoms with van der Waals surface area (Å²) in [6.07, 6.45) is 0.330. The molecular weight excluding hydrogens is 460 g/mol. The van der Waals surface area contributed by atoms with Gasteiger partial charge < -0.3 is 5.32 Å². The molecule has 3 aromatic rings. The summed E-state index contributed by atoms with van der Waals surface area (Å²) in [7, 11) is -3.78. The molecule has 1 amide bonds. The molecule has 5 nitrogen and oxygen atoms in total. The minimum atomic E-state index is -3.78. The Kier molecular flexibility index (Phi) is 5.37. The van der Waals surface area contributed by atoms with Crippen LogP contribution in [0.2, 0.25) is 0 Å². The fraction of sp³-hybridized carbons (Fsp3) is 0.150. The highest BCUT2D eigenvalue weighted by molar-refractivity contribution is 9.10. The lowest BCUT2D eigenvalue weighted by atomic mass is 9.95. The molecule has 1 atom stereocenters. The van der Waals surface area contributed by atoms with Crippen LogP contribution in [0.3, 0.4) is 0 Å². The molecule has 8 heteroatoms. The first kappa shape index (κ1) is 19.3. The average molecular weight is 477 g/mol. The highest BCUT2D eigenvalue weighted by Crippen LogP contribution is 2.32. The van der Waals surface area contributed by atoms with Crippen LogP contribution >= 0.6 is 27.3 Å². The van der Waals surface area contributed by atoms with Gasteiger partial charge in [-0.2, -0.15) is 4.31 Å². The molecule has 0 saturated heterocycles. The third-order valence-electron chi connectivity index (χ3n) is 4.70. The van der Waals surface area contributed by atoms with E-state index in [0.717, 1.165) is 26.9 Å². The maximum Gasteiger partial charge on any atom is 0.253 e. The molecule has 1 aliphatic heterocycles. The number of anilines is 1. The van der Waals surface area contributed by atoms with Crippen LogP contribution in [-0.2, 0) is 27.8 Å². The SMILES string of the molecule is O=C(Nc1ccccc1Br)[C@H]1Cc2ccccc2CN1S(=O)(=O)c1cccs1. The molecule has 2 aromatic carbocycles. The second kappa shape index (κ2) is 7.79. The van der Waals surface area contributed by atoms with E-state index in [9.17, 15) is 13.2 Å².